The first-order valence-corrected chi connectivity index (χ1v) is 34.3. The van der Waals surface area contributed by atoms with E-state index in [2.05, 4.69) is 140 Å². The van der Waals surface area contributed by atoms with Crippen molar-refractivity contribution >= 4 is 74.8 Å². The Hall–Kier alpha value is -5.42. The molecule has 0 aliphatic carbocycles. The second-order valence-corrected chi connectivity index (χ2v) is 26.9. The predicted octanol–water partition coefficient (Wildman–Crippen LogP) is 21.3. The van der Waals surface area contributed by atoms with Crippen LogP contribution >= 0.6 is 31.2 Å². The molecule has 2 radical (unpaired) electrons. The van der Waals surface area contributed by atoms with Gasteiger partial charge in [0.05, 0.1) is 52.4 Å². The summed E-state index contributed by atoms with van der Waals surface area (Å²) in [4.78, 5) is 31.8. The molecule has 2 aliphatic heterocycles. The fourth-order valence-electron chi connectivity index (χ4n) is 6.08. The Balaban J connectivity index is -0.000000187. The van der Waals surface area contributed by atoms with E-state index in [1.54, 1.807) is 55.1 Å². The number of halogens is 24. The molecule has 97 heavy (non-hydrogen) atoms. The summed E-state index contributed by atoms with van der Waals surface area (Å²) in [6.45, 7) is 21.5. The predicted molar refractivity (Wildman–Crippen MR) is 330 cm³/mol. The minimum Gasteiger partial charge on any atom is -0.254 e. The topological polar surface area (TPSA) is 190 Å². The second-order valence-electron chi connectivity index (χ2n) is 19.2. The maximum Gasteiger partial charge on any atom is 5.00 e. The third-order valence-corrected chi connectivity index (χ3v) is 9.87. The maximum atomic E-state index is 9.87. The summed E-state index contributed by atoms with van der Waals surface area (Å²) >= 11 is 0. The SMILES string of the molecule is CC#N.CC#N.CC#N.CC#N.CC#N.CN1CCN(C)CCN(C)CC1.CN1CCN(C)CCN(C)CC1.F[P-](F)(F)(F)(F)F.F[P-](F)(F)(F)(F)F.F[P-](F)(F)(F)(F)F.F[P-](F)(F)(F)(F)F.[Ru+5].[Ru+5].c1cnc2c(c1)ccc1cccnc12.c1cnc2c(c1)ccc1cccnc12. The number of nitrogens with zero attached hydrogens (tertiary/aromatic N) is 15. The number of rotatable bonds is 0. The number of fused-ring (bicyclic) bond motifs is 6. The van der Waals surface area contributed by atoms with Crippen LogP contribution in [0.4, 0.5) is 101 Å². The van der Waals surface area contributed by atoms with E-state index in [4.69, 9.17) is 26.3 Å². The molecule has 0 unspecified atom stereocenters. The molecule has 0 spiro atoms. The Morgan fingerprint density at radius 2 is 0.351 bits per heavy atom. The zero-order chi connectivity index (χ0) is 75.9. The standard InChI is InChI=1S/2C12H8N2.2C9H21N3.5C2H3N.4F6P.2Ru/c2*1-3-9-5-6-10-4-2-8-14-12(10)11(9)13-7-1;2*1-10-4-6-11(2)8-9-12(3)7-5-10;5*1-2-3;4*1-7(2,3,4,5)6;;/h2*1-8H;2*4-9H2,1-3H3;5*1H3;;;;;;/q;;;;;;;;;4*-1;2*+5. The van der Waals surface area contributed by atoms with Crippen LogP contribution in [-0.4, -0.2) is 170 Å². The van der Waals surface area contributed by atoms with E-state index in [-0.39, 0.29) is 39.0 Å². The average Bonchev–Trinajstić information content (AvgIpc) is 0.922. The van der Waals surface area contributed by atoms with Crippen LogP contribution in [-0.2, 0) is 39.0 Å². The van der Waals surface area contributed by atoms with Gasteiger partial charge in [0, 0.05) is 159 Å². The molecule has 0 bridgehead atoms. The Kier molecular flexibility index (Phi) is 44.1. The van der Waals surface area contributed by atoms with Gasteiger partial charge in [0.15, 0.2) is 0 Å². The Labute approximate surface area is 571 Å². The van der Waals surface area contributed by atoms with Gasteiger partial charge < -0.3 is 29.4 Å². The number of pyridine rings is 4. The average molecular weight is 1690 g/mol. The molecule has 4 aromatic heterocycles. The van der Waals surface area contributed by atoms with Gasteiger partial charge in [-0.3, -0.25) is 19.9 Å². The zero-order valence-corrected chi connectivity index (χ0v) is 60.6. The molecule has 0 N–H and O–H groups in total. The first-order chi connectivity index (χ1) is 42.1. The van der Waals surface area contributed by atoms with Crippen molar-refractivity contribution in [1.29, 1.82) is 26.3 Å². The minimum absolute atomic E-state index is 0. The largest absolute Gasteiger partial charge is 5.00 e. The van der Waals surface area contributed by atoms with Crippen LogP contribution in [0.2, 0.25) is 0 Å². The Morgan fingerprint density at radius 1 is 0.258 bits per heavy atom. The molecule has 0 saturated carbocycles. The van der Waals surface area contributed by atoms with Gasteiger partial charge in [-0.1, -0.05) is 48.5 Å². The molecular formula is C52H73F24N15P4Ru2+6. The van der Waals surface area contributed by atoms with Crippen molar-refractivity contribution in [2.24, 2.45) is 0 Å². The summed E-state index contributed by atoms with van der Waals surface area (Å²) in [5, 5.41) is 41.1. The first-order valence-electron chi connectivity index (χ1n) is 26.2. The van der Waals surface area contributed by atoms with Crippen molar-refractivity contribution in [2.45, 2.75) is 34.6 Å². The second kappa shape index (κ2) is 40.7. The third-order valence-electron chi connectivity index (χ3n) is 9.87. The number of nitriles is 5. The summed E-state index contributed by atoms with van der Waals surface area (Å²) in [5.74, 6) is 0. The Bertz CT molecular complexity index is 2900. The van der Waals surface area contributed by atoms with Crippen molar-refractivity contribution < 1.29 is 140 Å². The molecule has 2 saturated heterocycles. The summed E-state index contributed by atoms with van der Waals surface area (Å²) < 4.78 is 237. The van der Waals surface area contributed by atoms with Gasteiger partial charge in [-0.05, 0) is 66.6 Å². The molecule has 45 heteroatoms. The number of hydrogen-bond acceptors (Lipinski definition) is 15. The summed E-state index contributed by atoms with van der Waals surface area (Å²) in [5.41, 5.74) is 3.91. The normalized spacial score (nSPS) is 16.7. The van der Waals surface area contributed by atoms with E-state index in [0.717, 1.165) is 43.6 Å². The van der Waals surface area contributed by atoms with Crippen molar-refractivity contribution in [3.63, 3.8) is 0 Å². The Morgan fingerprint density at radius 3 is 0.443 bits per heavy atom. The molecule has 554 valence electrons. The van der Waals surface area contributed by atoms with Crippen LogP contribution in [0.15, 0.2) is 97.6 Å². The molecule has 0 atom stereocenters. The van der Waals surface area contributed by atoms with E-state index in [0.29, 0.717) is 0 Å². The fourth-order valence-corrected chi connectivity index (χ4v) is 6.08. The van der Waals surface area contributed by atoms with Crippen LogP contribution in [0.5, 0.6) is 0 Å². The summed E-state index contributed by atoms with van der Waals surface area (Å²) in [6, 6.07) is 33.0. The van der Waals surface area contributed by atoms with Crippen LogP contribution in [0, 0.1) is 56.7 Å². The van der Waals surface area contributed by atoms with Gasteiger partial charge >= 0.3 is 171 Å². The van der Waals surface area contributed by atoms with Gasteiger partial charge in [0.1, 0.15) is 0 Å². The third kappa shape index (κ3) is 94.8. The van der Waals surface area contributed by atoms with Crippen LogP contribution in [0.25, 0.3) is 43.6 Å². The van der Waals surface area contributed by atoms with Crippen LogP contribution in [0.3, 0.4) is 0 Å². The molecule has 15 nitrogen and oxygen atoms in total. The maximum absolute atomic E-state index is 10.7. The smallest absolute Gasteiger partial charge is 0.254 e. The fraction of sp³-hybridized carbons (Fsp3) is 0.442. The van der Waals surface area contributed by atoms with Gasteiger partial charge in [0.2, 0.25) is 0 Å². The van der Waals surface area contributed by atoms with Crippen molar-refractivity contribution in [3.05, 3.63) is 97.6 Å². The monoisotopic (exact) mass is 1690 g/mol. The van der Waals surface area contributed by atoms with E-state index in [1.165, 1.54) is 113 Å². The van der Waals surface area contributed by atoms with Crippen molar-refractivity contribution in [1.82, 2.24) is 49.3 Å². The number of hydrogen-bond donors (Lipinski definition) is 0. The minimum atomic E-state index is -10.7. The van der Waals surface area contributed by atoms with E-state index in [1.807, 2.05) is 24.3 Å². The van der Waals surface area contributed by atoms with Crippen LogP contribution < -0.4 is 0 Å². The molecule has 6 aromatic rings. The van der Waals surface area contributed by atoms with Crippen LogP contribution in [0.1, 0.15) is 34.6 Å². The quantitative estimate of drug-likeness (QED) is 0.0604. The number of aromatic nitrogens is 4. The molecule has 2 aliphatic rings. The molecule has 2 fully saturated rings. The summed E-state index contributed by atoms with van der Waals surface area (Å²) in [7, 11) is -29.4. The zero-order valence-electron chi connectivity index (χ0n) is 53.5. The molecule has 0 amide bonds. The molecule has 6 heterocycles. The number of likely N-dealkylation sites (N-methyl/N-ethyl adjacent to an activating group) is 6. The summed E-state index contributed by atoms with van der Waals surface area (Å²) in [6.07, 6.45) is 7.21. The van der Waals surface area contributed by atoms with Gasteiger partial charge in [-0.15, -0.1) is 0 Å². The van der Waals surface area contributed by atoms with E-state index >= 15 is 0 Å². The first kappa shape index (κ1) is 105. The van der Waals surface area contributed by atoms with Crippen molar-refractivity contribution in [3.8, 4) is 30.3 Å². The van der Waals surface area contributed by atoms with Gasteiger partial charge in [-0.2, -0.15) is 26.3 Å². The van der Waals surface area contributed by atoms with E-state index in [9.17, 15) is 101 Å². The molecule has 2 aromatic carbocycles. The van der Waals surface area contributed by atoms with E-state index < -0.39 is 31.2 Å². The molecular weight excluding hydrogens is 1620 g/mol. The van der Waals surface area contributed by atoms with Gasteiger partial charge in [-0.25, -0.2) is 0 Å². The van der Waals surface area contributed by atoms with Crippen molar-refractivity contribution in [2.75, 3.05) is 121 Å². The molecule has 8 rings (SSSR count). The number of benzene rings is 2. The van der Waals surface area contributed by atoms with Gasteiger partial charge in [0.25, 0.3) is 0 Å².